The lowest BCUT2D eigenvalue weighted by atomic mass is 9.96. The highest BCUT2D eigenvalue weighted by Crippen LogP contribution is 2.34. The van der Waals surface area contributed by atoms with E-state index < -0.39 is 0 Å². The number of pyridine rings is 1. The van der Waals surface area contributed by atoms with Gasteiger partial charge < -0.3 is 11.5 Å². The molecule has 3 nitrogen and oxygen atoms in total. The summed E-state index contributed by atoms with van der Waals surface area (Å²) in [5, 5.41) is 3.33. The fraction of sp³-hybridized carbons (Fsp3) is 0. The third-order valence-electron chi connectivity index (χ3n) is 3.93. The molecular formula is C19H15N3. The average Bonchev–Trinajstić information content (AvgIpc) is 2.53. The molecule has 4 rings (SSSR count). The van der Waals surface area contributed by atoms with Gasteiger partial charge in [0.25, 0.3) is 0 Å². The first-order valence-corrected chi connectivity index (χ1v) is 7.15. The van der Waals surface area contributed by atoms with Gasteiger partial charge in [0, 0.05) is 28.3 Å². The van der Waals surface area contributed by atoms with Crippen LogP contribution >= 0.6 is 0 Å². The van der Waals surface area contributed by atoms with E-state index >= 15 is 0 Å². The lowest BCUT2D eigenvalue weighted by molar-refractivity contribution is 1.44. The van der Waals surface area contributed by atoms with Crippen molar-refractivity contribution in [2.45, 2.75) is 0 Å². The number of nitrogens with two attached hydrogens (primary N) is 2. The first-order valence-electron chi connectivity index (χ1n) is 7.15. The van der Waals surface area contributed by atoms with Gasteiger partial charge in [-0.25, -0.2) is 0 Å². The summed E-state index contributed by atoms with van der Waals surface area (Å²) in [5.41, 5.74) is 16.5. The zero-order valence-corrected chi connectivity index (χ0v) is 12.0. The van der Waals surface area contributed by atoms with E-state index in [-0.39, 0.29) is 0 Å². The molecule has 0 unspecified atom stereocenters. The van der Waals surface area contributed by atoms with Gasteiger partial charge in [-0.3, -0.25) is 4.98 Å². The third-order valence-corrected chi connectivity index (χ3v) is 3.93. The number of rotatable bonds is 1. The maximum Gasteiger partial charge on any atom is 0.0714 e. The zero-order chi connectivity index (χ0) is 15.1. The molecule has 0 amide bonds. The van der Waals surface area contributed by atoms with Crippen LogP contribution in [-0.2, 0) is 0 Å². The Balaban J connectivity index is 2.15. The summed E-state index contributed by atoms with van der Waals surface area (Å²) >= 11 is 0. The molecule has 0 saturated carbocycles. The Labute approximate surface area is 128 Å². The van der Waals surface area contributed by atoms with E-state index in [9.17, 15) is 0 Å². The smallest absolute Gasteiger partial charge is 0.0714 e. The van der Waals surface area contributed by atoms with E-state index in [1.165, 1.54) is 0 Å². The number of benzene rings is 3. The Morgan fingerprint density at radius 3 is 2.45 bits per heavy atom. The van der Waals surface area contributed by atoms with E-state index in [0.29, 0.717) is 0 Å². The normalized spacial score (nSPS) is 11.1. The number of nitrogens with zero attached hydrogens (tertiary/aromatic N) is 1. The van der Waals surface area contributed by atoms with E-state index in [1.54, 1.807) is 0 Å². The Hall–Kier alpha value is -3.07. The molecule has 22 heavy (non-hydrogen) atoms. The second-order valence-electron chi connectivity index (χ2n) is 5.43. The van der Waals surface area contributed by atoms with Crippen LogP contribution in [0.3, 0.4) is 0 Å². The largest absolute Gasteiger partial charge is 0.399 e. The molecule has 0 aliphatic carbocycles. The minimum absolute atomic E-state index is 0.745. The summed E-state index contributed by atoms with van der Waals surface area (Å²) in [4.78, 5) is 4.57. The van der Waals surface area contributed by atoms with Gasteiger partial charge in [-0.15, -0.1) is 0 Å². The SMILES string of the molecule is Nc1cccc(-c2cccc3ncc4cc(N)ccc4c23)c1. The average molecular weight is 285 g/mol. The molecule has 0 aliphatic heterocycles. The summed E-state index contributed by atoms with van der Waals surface area (Å²) in [6.45, 7) is 0. The quantitative estimate of drug-likeness (QED) is 0.406. The topological polar surface area (TPSA) is 64.9 Å². The molecule has 1 aromatic heterocycles. The van der Waals surface area contributed by atoms with Crippen molar-refractivity contribution in [1.82, 2.24) is 4.98 Å². The van der Waals surface area contributed by atoms with Crippen LogP contribution in [-0.4, -0.2) is 4.98 Å². The molecule has 1 heterocycles. The highest BCUT2D eigenvalue weighted by molar-refractivity contribution is 6.13. The van der Waals surface area contributed by atoms with E-state index in [0.717, 1.165) is 44.2 Å². The second kappa shape index (κ2) is 4.74. The molecule has 0 radical (unpaired) electrons. The van der Waals surface area contributed by atoms with Crippen molar-refractivity contribution < 1.29 is 0 Å². The molecule has 0 fully saturated rings. The molecule has 0 bridgehead atoms. The number of nitrogen functional groups attached to an aromatic ring is 2. The van der Waals surface area contributed by atoms with Gasteiger partial charge in [-0.2, -0.15) is 0 Å². The molecule has 0 saturated heterocycles. The van der Waals surface area contributed by atoms with Crippen molar-refractivity contribution >= 4 is 33.1 Å². The van der Waals surface area contributed by atoms with Crippen molar-refractivity contribution in [1.29, 1.82) is 0 Å². The van der Waals surface area contributed by atoms with Gasteiger partial charge in [0.15, 0.2) is 0 Å². The lowest BCUT2D eigenvalue weighted by Crippen LogP contribution is -1.90. The minimum atomic E-state index is 0.745. The second-order valence-corrected chi connectivity index (χ2v) is 5.43. The Morgan fingerprint density at radius 1 is 0.773 bits per heavy atom. The number of fused-ring (bicyclic) bond motifs is 3. The summed E-state index contributed by atoms with van der Waals surface area (Å²) < 4.78 is 0. The number of aromatic nitrogens is 1. The molecular weight excluding hydrogens is 270 g/mol. The minimum Gasteiger partial charge on any atom is -0.399 e. The highest BCUT2D eigenvalue weighted by atomic mass is 14.7. The van der Waals surface area contributed by atoms with Crippen LogP contribution in [0, 0.1) is 0 Å². The number of hydrogen-bond donors (Lipinski definition) is 2. The number of hydrogen-bond acceptors (Lipinski definition) is 3. The third kappa shape index (κ3) is 1.95. The van der Waals surface area contributed by atoms with Gasteiger partial charge in [0.05, 0.1) is 5.52 Å². The van der Waals surface area contributed by atoms with Crippen LogP contribution in [0.25, 0.3) is 32.8 Å². The van der Waals surface area contributed by atoms with Gasteiger partial charge in [0.1, 0.15) is 0 Å². The van der Waals surface area contributed by atoms with Crippen molar-refractivity contribution in [3.8, 4) is 11.1 Å². The Kier molecular flexibility index (Phi) is 2.73. The summed E-state index contributed by atoms with van der Waals surface area (Å²) in [7, 11) is 0. The van der Waals surface area contributed by atoms with Crippen molar-refractivity contribution in [2.24, 2.45) is 0 Å². The van der Waals surface area contributed by atoms with E-state index in [1.807, 2.05) is 48.7 Å². The van der Waals surface area contributed by atoms with Gasteiger partial charge in [-0.1, -0.05) is 30.3 Å². The van der Waals surface area contributed by atoms with E-state index in [2.05, 4.69) is 23.2 Å². The predicted octanol–water partition coefficient (Wildman–Crippen LogP) is 4.22. The first kappa shape index (κ1) is 12.7. The maximum atomic E-state index is 5.94. The van der Waals surface area contributed by atoms with Crippen LogP contribution in [0.4, 0.5) is 11.4 Å². The molecule has 3 heteroatoms. The number of anilines is 2. The Morgan fingerprint density at radius 2 is 1.59 bits per heavy atom. The van der Waals surface area contributed by atoms with Crippen molar-refractivity contribution in [3.63, 3.8) is 0 Å². The standard InChI is InChI=1S/C19H15N3/c20-14-4-1-3-12(9-14)16-5-2-6-18-19(16)17-8-7-15(21)10-13(17)11-22-18/h1-11H,20-21H2. The van der Waals surface area contributed by atoms with Crippen LogP contribution < -0.4 is 11.5 Å². The van der Waals surface area contributed by atoms with E-state index in [4.69, 9.17) is 11.5 Å². The highest BCUT2D eigenvalue weighted by Gasteiger charge is 2.09. The molecule has 106 valence electrons. The van der Waals surface area contributed by atoms with Crippen LogP contribution in [0.2, 0.25) is 0 Å². The molecule has 4 aromatic rings. The van der Waals surface area contributed by atoms with Gasteiger partial charge >= 0.3 is 0 Å². The lowest BCUT2D eigenvalue weighted by Gasteiger charge is -2.10. The van der Waals surface area contributed by atoms with Crippen LogP contribution in [0.5, 0.6) is 0 Å². The fourth-order valence-corrected chi connectivity index (χ4v) is 2.93. The fourth-order valence-electron chi connectivity index (χ4n) is 2.93. The summed E-state index contributed by atoms with van der Waals surface area (Å²) in [5.74, 6) is 0. The van der Waals surface area contributed by atoms with Gasteiger partial charge in [0.2, 0.25) is 0 Å². The monoisotopic (exact) mass is 285 g/mol. The molecule has 0 aliphatic rings. The van der Waals surface area contributed by atoms with Crippen molar-refractivity contribution in [3.05, 3.63) is 66.9 Å². The summed E-state index contributed by atoms with van der Waals surface area (Å²) in [6, 6.07) is 20.0. The molecule has 0 spiro atoms. The molecule has 0 atom stereocenters. The molecule has 4 N–H and O–H groups in total. The predicted molar refractivity (Wildman–Crippen MR) is 93.5 cm³/mol. The summed E-state index contributed by atoms with van der Waals surface area (Å²) in [6.07, 6.45) is 1.87. The Bertz CT molecular complexity index is 1010. The van der Waals surface area contributed by atoms with Gasteiger partial charge in [-0.05, 0) is 46.8 Å². The maximum absolute atomic E-state index is 5.94. The van der Waals surface area contributed by atoms with Crippen molar-refractivity contribution in [2.75, 3.05) is 11.5 Å². The molecule has 3 aromatic carbocycles. The van der Waals surface area contributed by atoms with Crippen LogP contribution in [0.15, 0.2) is 66.9 Å². The first-order chi connectivity index (χ1) is 10.7. The van der Waals surface area contributed by atoms with Crippen LogP contribution in [0.1, 0.15) is 0 Å². The zero-order valence-electron chi connectivity index (χ0n) is 12.0.